The lowest BCUT2D eigenvalue weighted by atomic mass is 9.68. The third kappa shape index (κ3) is 2.66. The van der Waals surface area contributed by atoms with E-state index in [9.17, 15) is 0 Å². The van der Waals surface area contributed by atoms with Crippen LogP contribution in [0.1, 0.15) is 72.1 Å². The first kappa shape index (κ1) is 14.8. The number of nitrogens with one attached hydrogen (secondary N) is 1. The number of rotatable bonds is 5. The SMILES string of the molecule is CC1(C)C(NCCOC2CCCCC2)[C@]2(C)CC[C@H]1C2. The summed E-state index contributed by atoms with van der Waals surface area (Å²) >= 11 is 0. The van der Waals surface area contributed by atoms with Crippen LogP contribution in [0.3, 0.4) is 0 Å². The Labute approximate surface area is 125 Å². The molecule has 0 spiro atoms. The maximum Gasteiger partial charge on any atom is 0.0594 e. The third-order valence-corrected chi connectivity index (χ3v) is 6.63. The zero-order valence-electron chi connectivity index (χ0n) is 13.7. The summed E-state index contributed by atoms with van der Waals surface area (Å²) in [6.07, 6.45) is 11.6. The second-order valence-electron chi connectivity index (χ2n) is 8.43. The van der Waals surface area contributed by atoms with E-state index < -0.39 is 0 Å². The second kappa shape index (κ2) is 5.61. The molecule has 0 aliphatic heterocycles. The normalized spacial score (nSPS) is 40.4. The smallest absolute Gasteiger partial charge is 0.0594 e. The fraction of sp³-hybridized carbons (Fsp3) is 1.00. The van der Waals surface area contributed by atoms with Gasteiger partial charge in [-0.25, -0.2) is 0 Å². The third-order valence-electron chi connectivity index (χ3n) is 6.63. The molecule has 0 heterocycles. The van der Waals surface area contributed by atoms with Crippen molar-refractivity contribution in [2.75, 3.05) is 13.2 Å². The zero-order valence-corrected chi connectivity index (χ0v) is 13.7. The molecule has 0 saturated heterocycles. The van der Waals surface area contributed by atoms with Gasteiger partial charge in [0.05, 0.1) is 12.7 Å². The Morgan fingerprint density at radius 2 is 1.80 bits per heavy atom. The van der Waals surface area contributed by atoms with Crippen molar-refractivity contribution in [3.8, 4) is 0 Å². The average molecular weight is 279 g/mol. The number of hydrogen-bond donors (Lipinski definition) is 1. The first-order valence-corrected chi connectivity index (χ1v) is 8.87. The quantitative estimate of drug-likeness (QED) is 0.764. The maximum atomic E-state index is 6.06. The zero-order chi connectivity index (χ0) is 14.2. The van der Waals surface area contributed by atoms with Gasteiger partial charge >= 0.3 is 0 Å². The van der Waals surface area contributed by atoms with E-state index in [-0.39, 0.29) is 0 Å². The molecule has 2 bridgehead atoms. The average Bonchev–Trinajstić information content (AvgIpc) is 2.90. The molecule has 3 atom stereocenters. The molecule has 3 rings (SSSR count). The summed E-state index contributed by atoms with van der Waals surface area (Å²) in [5, 5.41) is 3.86. The molecule has 0 radical (unpaired) electrons. The minimum absolute atomic E-state index is 0.470. The first-order chi connectivity index (χ1) is 9.52. The number of ether oxygens (including phenoxy) is 1. The van der Waals surface area contributed by atoms with Crippen molar-refractivity contribution in [3.05, 3.63) is 0 Å². The highest BCUT2D eigenvalue weighted by Gasteiger charge is 2.58. The fourth-order valence-electron chi connectivity index (χ4n) is 5.47. The Morgan fingerprint density at radius 3 is 2.45 bits per heavy atom. The molecule has 0 aromatic rings. The van der Waals surface area contributed by atoms with Crippen LogP contribution in [0.25, 0.3) is 0 Å². The minimum atomic E-state index is 0.470. The Morgan fingerprint density at radius 1 is 1.05 bits per heavy atom. The summed E-state index contributed by atoms with van der Waals surface area (Å²) in [5.41, 5.74) is 1.01. The van der Waals surface area contributed by atoms with Crippen LogP contribution >= 0.6 is 0 Å². The van der Waals surface area contributed by atoms with E-state index in [4.69, 9.17) is 4.74 Å². The van der Waals surface area contributed by atoms with Crippen LogP contribution in [-0.2, 0) is 4.74 Å². The van der Waals surface area contributed by atoms with E-state index in [0.29, 0.717) is 23.0 Å². The topological polar surface area (TPSA) is 21.3 Å². The second-order valence-corrected chi connectivity index (χ2v) is 8.43. The van der Waals surface area contributed by atoms with Crippen molar-refractivity contribution in [2.45, 2.75) is 84.3 Å². The molecular formula is C18H33NO. The molecule has 3 saturated carbocycles. The fourth-order valence-corrected chi connectivity index (χ4v) is 5.47. The van der Waals surface area contributed by atoms with E-state index in [2.05, 4.69) is 26.1 Å². The first-order valence-electron chi connectivity index (χ1n) is 8.87. The molecule has 2 heteroatoms. The standard InChI is InChI=1S/C18H33NO/c1-17(2)14-9-10-18(3,13-14)16(17)19-11-12-20-15-7-5-4-6-8-15/h14-16,19H,4-13H2,1-3H3/t14-,16?,18+/m0/s1. The number of hydrogen-bond acceptors (Lipinski definition) is 2. The molecule has 116 valence electrons. The lowest BCUT2D eigenvalue weighted by molar-refractivity contribution is 0.0226. The predicted octanol–water partition coefficient (Wildman–Crippen LogP) is 4.14. The van der Waals surface area contributed by atoms with Crippen molar-refractivity contribution < 1.29 is 4.74 Å². The Bertz CT molecular complexity index is 330. The Hall–Kier alpha value is -0.0800. The molecule has 1 N–H and O–H groups in total. The molecule has 0 aromatic heterocycles. The molecule has 3 aliphatic rings. The minimum Gasteiger partial charge on any atom is -0.377 e. The van der Waals surface area contributed by atoms with Crippen LogP contribution in [0.4, 0.5) is 0 Å². The molecule has 0 amide bonds. The molecule has 2 nitrogen and oxygen atoms in total. The van der Waals surface area contributed by atoms with E-state index in [1.54, 1.807) is 0 Å². The summed E-state index contributed by atoms with van der Waals surface area (Å²) in [6, 6.07) is 0.684. The van der Waals surface area contributed by atoms with Gasteiger partial charge in [-0.1, -0.05) is 40.0 Å². The van der Waals surface area contributed by atoms with Gasteiger partial charge in [0.1, 0.15) is 0 Å². The van der Waals surface area contributed by atoms with Crippen LogP contribution in [0.2, 0.25) is 0 Å². The van der Waals surface area contributed by atoms with Crippen LogP contribution < -0.4 is 5.32 Å². The summed E-state index contributed by atoms with van der Waals surface area (Å²) in [4.78, 5) is 0. The molecule has 1 unspecified atom stereocenters. The van der Waals surface area contributed by atoms with Gasteiger partial charge < -0.3 is 10.1 Å². The molecule has 20 heavy (non-hydrogen) atoms. The Kier molecular flexibility index (Phi) is 4.16. The van der Waals surface area contributed by atoms with Crippen molar-refractivity contribution in [1.82, 2.24) is 5.32 Å². The van der Waals surface area contributed by atoms with Crippen molar-refractivity contribution >= 4 is 0 Å². The largest absolute Gasteiger partial charge is 0.377 e. The van der Waals surface area contributed by atoms with Crippen LogP contribution in [0.15, 0.2) is 0 Å². The van der Waals surface area contributed by atoms with Gasteiger partial charge in [0, 0.05) is 12.6 Å². The summed E-state index contributed by atoms with van der Waals surface area (Å²) in [7, 11) is 0. The summed E-state index contributed by atoms with van der Waals surface area (Å²) in [5.74, 6) is 0.935. The van der Waals surface area contributed by atoms with Crippen molar-refractivity contribution in [1.29, 1.82) is 0 Å². The molecular weight excluding hydrogens is 246 g/mol. The van der Waals surface area contributed by atoms with Crippen LogP contribution in [-0.4, -0.2) is 25.3 Å². The van der Waals surface area contributed by atoms with Gasteiger partial charge in [-0.15, -0.1) is 0 Å². The van der Waals surface area contributed by atoms with E-state index in [0.717, 1.165) is 19.1 Å². The van der Waals surface area contributed by atoms with Crippen LogP contribution in [0.5, 0.6) is 0 Å². The number of fused-ring (bicyclic) bond motifs is 2. The van der Waals surface area contributed by atoms with Gasteiger partial charge in [-0.05, 0) is 48.9 Å². The van der Waals surface area contributed by atoms with Crippen molar-refractivity contribution in [3.63, 3.8) is 0 Å². The van der Waals surface area contributed by atoms with E-state index in [1.807, 2.05) is 0 Å². The lowest BCUT2D eigenvalue weighted by Gasteiger charge is -2.43. The highest BCUT2D eigenvalue weighted by molar-refractivity contribution is 5.11. The van der Waals surface area contributed by atoms with Gasteiger partial charge in [-0.3, -0.25) is 0 Å². The van der Waals surface area contributed by atoms with E-state index in [1.165, 1.54) is 51.4 Å². The summed E-state index contributed by atoms with van der Waals surface area (Å²) in [6.45, 7) is 9.38. The van der Waals surface area contributed by atoms with Gasteiger partial charge in [-0.2, -0.15) is 0 Å². The van der Waals surface area contributed by atoms with Gasteiger partial charge in [0.2, 0.25) is 0 Å². The van der Waals surface area contributed by atoms with Gasteiger partial charge in [0.15, 0.2) is 0 Å². The van der Waals surface area contributed by atoms with Crippen LogP contribution in [0, 0.1) is 16.7 Å². The molecule has 3 fully saturated rings. The highest BCUT2D eigenvalue weighted by Crippen LogP contribution is 2.62. The lowest BCUT2D eigenvalue weighted by Crippen LogP contribution is -2.51. The predicted molar refractivity (Wildman–Crippen MR) is 83.8 cm³/mol. The van der Waals surface area contributed by atoms with E-state index >= 15 is 0 Å². The summed E-state index contributed by atoms with van der Waals surface area (Å²) < 4.78 is 6.06. The Balaban J connectivity index is 1.44. The maximum absolute atomic E-state index is 6.06. The monoisotopic (exact) mass is 279 g/mol. The molecule has 3 aliphatic carbocycles. The molecule has 0 aromatic carbocycles. The van der Waals surface area contributed by atoms with Crippen molar-refractivity contribution in [2.24, 2.45) is 16.7 Å². The van der Waals surface area contributed by atoms with Gasteiger partial charge in [0.25, 0.3) is 0 Å². The highest BCUT2D eigenvalue weighted by atomic mass is 16.5.